The van der Waals surface area contributed by atoms with E-state index in [1.165, 1.54) is 6.33 Å². The van der Waals surface area contributed by atoms with Crippen molar-refractivity contribution in [1.29, 1.82) is 0 Å². The normalized spacial score (nSPS) is 18.5. The van der Waals surface area contributed by atoms with Gasteiger partial charge in [0.05, 0.1) is 12.1 Å². The van der Waals surface area contributed by atoms with E-state index in [0.717, 1.165) is 25.9 Å². The molecule has 0 radical (unpaired) electrons. The average molecular weight is 253 g/mol. The number of hydrogen-bond acceptors (Lipinski definition) is 5. The van der Waals surface area contributed by atoms with Crippen LogP contribution in [0.25, 0.3) is 0 Å². The van der Waals surface area contributed by atoms with Gasteiger partial charge in [0, 0.05) is 0 Å². The van der Waals surface area contributed by atoms with Gasteiger partial charge in [-0.1, -0.05) is 0 Å². The van der Waals surface area contributed by atoms with Crippen LogP contribution >= 0.6 is 0 Å². The molecule has 0 bridgehead atoms. The zero-order chi connectivity index (χ0) is 12.8. The lowest BCUT2D eigenvalue weighted by Gasteiger charge is -2.22. The molecule has 0 aromatic carbocycles. The Labute approximate surface area is 106 Å². The lowest BCUT2D eigenvalue weighted by molar-refractivity contribution is -0.128. The number of carbonyl (C=O) groups excluding carboxylic acids is 1. The second-order valence-electron chi connectivity index (χ2n) is 4.42. The predicted octanol–water partition coefficient (Wildman–Crippen LogP) is -0.249. The number of aromatic nitrogens is 3. The standard InChI is InChI=1S/C11H19N5O2/c1-8(11-13-7-14-16-11)15-10(17)6-18-9-2-4-12-5-3-9/h7-9,12H,2-6H2,1H3,(H,15,17)(H,13,14,16). The minimum atomic E-state index is -0.184. The Kier molecular flexibility index (Phi) is 4.66. The lowest BCUT2D eigenvalue weighted by atomic mass is 10.1. The molecule has 7 nitrogen and oxygen atoms in total. The van der Waals surface area contributed by atoms with Gasteiger partial charge in [-0.05, 0) is 32.9 Å². The van der Waals surface area contributed by atoms with Crippen LogP contribution in [0.1, 0.15) is 31.6 Å². The largest absolute Gasteiger partial charge is 0.368 e. The molecule has 1 aromatic rings. The third-order valence-corrected chi connectivity index (χ3v) is 2.96. The summed E-state index contributed by atoms with van der Waals surface area (Å²) in [6, 6.07) is -0.184. The molecule has 18 heavy (non-hydrogen) atoms. The lowest BCUT2D eigenvalue weighted by Crippen LogP contribution is -2.36. The summed E-state index contributed by atoms with van der Waals surface area (Å²) in [5.41, 5.74) is 0. The highest BCUT2D eigenvalue weighted by atomic mass is 16.5. The van der Waals surface area contributed by atoms with Gasteiger partial charge in [-0.25, -0.2) is 4.98 Å². The Morgan fingerprint density at radius 3 is 3.06 bits per heavy atom. The van der Waals surface area contributed by atoms with E-state index in [0.29, 0.717) is 5.82 Å². The van der Waals surface area contributed by atoms with E-state index in [4.69, 9.17) is 4.74 Å². The third-order valence-electron chi connectivity index (χ3n) is 2.96. The first-order valence-corrected chi connectivity index (χ1v) is 6.22. The van der Waals surface area contributed by atoms with E-state index in [2.05, 4.69) is 25.8 Å². The molecule has 1 saturated heterocycles. The van der Waals surface area contributed by atoms with E-state index in [-0.39, 0.29) is 24.7 Å². The van der Waals surface area contributed by atoms with Crippen molar-refractivity contribution >= 4 is 5.91 Å². The van der Waals surface area contributed by atoms with Gasteiger partial charge in [0.25, 0.3) is 0 Å². The van der Waals surface area contributed by atoms with E-state index in [1.807, 2.05) is 6.92 Å². The van der Waals surface area contributed by atoms with Gasteiger partial charge >= 0.3 is 0 Å². The Bertz CT molecular complexity index is 362. The van der Waals surface area contributed by atoms with Crippen molar-refractivity contribution < 1.29 is 9.53 Å². The number of carbonyl (C=O) groups is 1. The fourth-order valence-electron chi connectivity index (χ4n) is 1.93. The van der Waals surface area contributed by atoms with Crippen LogP contribution in [0.2, 0.25) is 0 Å². The van der Waals surface area contributed by atoms with Crippen LogP contribution < -0.4 is 10.6 Å². The molecule has 1 aromatic heterocycles. The molecular formula is C11H19N5O2. The van der Waals surface area contributed by atoms with Gasteiger partial charge in [0.2, 0.25) is 5.91 Å². The highest BCUT2D eigenvalue weighted by Gasteiger charge is 2.16. The van der Waals surface area contributed by atoms with Gasteiger partial charge in [0.15, 0.2) is 0 Å². The Balaban J connectivity index is 1.68. The smallest absolute Gasteiger partial charge is 0.246 e. The average Bonchev–Trinajstić information content (AvgIpc) is 2.91. The number of nitrogens with one attached hydrogen (secondary N) is 3. The van der Waals surface area contributed by atoms with Crippen molar-refractivity contribution in [3.63, 3.8) is 0 Å². The predicted molar refractivity (Wildman–Crippen MR) is 64.8 cm³/mol. The second kappa shape index (κ2) is 6.46. The summed E-state index contributed by atoms with van der Waals surface area (Å²) in [7, 11) is 0. The van der Waals surface area contributed by atoms with Crippen LogP contribution in [-0.2, 0) is 9.53 Å². The zero-order valence-electron chi connectivity index (χ0n) is 10.5. The van der Waals surface area contributed by atoms with Gasteiger partial charge in [-0.2, -0.15) is 5.10 Å². The van der Waals surface area contributed by atoms with Crippen LogP contribution in [-0.4, -0.2) is 46.9 Å². The van der Waals surface area contributed by atoms with Crippen LogP contribution in [0, 0.1) is 0 Å². The number of nitrogens with zero attached hydrogens (tertiary/aromatic N) is 2. The van der Waals surface area contributed by atoms with E-state index < -0.39 is 0 Å². The van der Waals surface area contributed by atoms with Crippen molar-refractivity contribution in [2.75, 3.05) is 19.7 Å². The van der Waals surface area contributed by atoms with Gasteiger partial charge < -0.3 is 15.4 Å². The molecule has 0 aliphatic carbocycles. The molecule has 0 saturated carbocycles. The maximum absolute atomic E-state index is 11.7. The number of hydrogen-bond donors (Lipinski definition) is 3. The first-order valence-electron chi connectivity index (χ1n) is 6.22. The Hall–Kier alpha value is -1.47. The number of H-pyrrole nitrogens is 1. The fourth-order valence-corrected chi connectivity index (χ4v) is 1.93. The van der Waals surface area contributed by atoms with Crippen molar-refractivity contribution in [3.8, 4) is 0 Å². The van der Waals surface area contributed by atoms with Crippen LogP contribution in [0.15, 0.2) is 6.33 Å². The van der Waals surface area contributed by atoms with Gasteiger partial charge in [-0.3, -0.25) is 9.89 Å². The molecule has 100 valence electrons. The summed E-state index contributed by atoms with van der Waals surface area (Å²) in [6.45, 7) is 3.87. The summed E-state index contributed by atoms with van der Waals surface area (Å²) >= 11 is 0. The number of rotatable bonds is 5. The van der Waals surface area contributed by atoms with Crippen LogP contribution in [0.5, 0.6) is 0 Å². The summed E-state index contributed by atoms with van der Waals surface area (Å²) < 4.78 is 5.56. The quantitative estimate of drug-likeness (QED) is 0.673. The summed E-state index contributed by atoms with van der Waals surface area (Å²) in [5.74, 6) is 0.516. The Morgan fingerprint density at radius 1 is 1.61 bits per heavy atom. The fraction of sp³-hybridized carbons (Fsp3) is 0.727. The number of ether oxygens (including phenoxy) is 1. The number of aromatic amines is 1. The molecule has 3 N–H and O–H groups in total. The van der Waals surface area contributed by atoms with Crippen molar-refractivity contribution in [2.45, 2.75) is 31.9 Å². The van der Waals surface area contributed by atoms with Crippen LogP contribution in [0.3, 0.4) is 0 Å². The van der Waals surface area contributed by atoms with Crippen LogP contribution in [0.4, 0.5) is 0 Å². The van der Waals surface area contributed by atoms with Crippen molar-refractivity contribution in [2.24, 2.45) is 0 Å². The number of amides is 1. The van der Waals surface area contributed by atoms with E-state index in [9.17, 15) is 4.79 Å². The maximum atomic E-state index is 11.7. The molecule has 1 aliphatic heterocycles. The molecule has 1 amide bonds. The molecule has 2 rings (SSSR count). The van der Waals surface area contributed by atoms with Crippen molar-refractivity contribution in [1.82, 2.24) is 25.8 Å². The monoisotopic (exact) mass is 253 g/mol. The minimum Gasteiger partial charge on any atom is -0.368 e. The minimum absolute atomic E-state index is 0.100. The molecule has 0 spiro atoms. The summed E-state index contributed by atoms with van der Waals surface area (Å²) in [5, 5.41) is 12.5. The van der Waals surface area contributed by atoms with E-state index >= 15 is 0 Å². The highest BCUT2D eigenvalue weighted by molar-refractivity contribution is 5.77. The SMILES string of the molecule is CC(NC(=O)COC1CCNCC1)c1ncn[nH]1. The van der Waals surface area contributed by atoms with Gasteiger partial charge in [0.1, 0.15) is 18.8 Å². The molecule has 1 aliphatic rings. The number of piperidine rings is 1. The van der Waals surface area contributed by atoms with Gasteiger partial charge in [-0.15, -0.1) is 0 Å². The highest BCUT2D eigenvalue weighted by Crippen LogP contribution is 2.07. The summed E-state index contributed by atoms with van der Waals surface area (Å²) in [6.07, 6.45) is 3.54. The Morgan fingerprint density at radius 2 is 2.39 bits per heavy atom. The third kappa shape index (κ3) is 3.78. The molecular weight excluding hydrogens is 234 g/mol. The summed E-state index contributed by atoms with van der Waals surface area (Å²) in [4.78, 5) is 15.7. The first kappa shape index (κ1) is 13.0. The first-order chi connectivity index (χ1) is 8.75. The molecule has 1 unspecified atom stereocenters. The second-order valence-corrected chi connectivity index (χ2v) is 4.42. The topological polar surface area (TPSA) is 91.9 Å². The molecule has 1 atom stereocenters. The van der Waals surface area contributed by atoms with E-state index in [1.54, 1.807) is 0 Å². The maximum Gasteiger partial charge on any atom is 0.246 e. The zero-order valence-corrected chi connectivity index (χ0v) is 10.5. The molecule has 7 heteroatoms. The van der Waals surface area contributed by atoms with Crippen molar-refractivity contribution in [3.05, 3.63) is 12.2 Å². The molecule has 2 heterocycles. The molecule has 1 fully saturated rings.